The lowest BCUT2D eigenvalue weighted by atomic mass is 9.67. The number of quaternary nitrogens is 1. The fourth-order valence-electron chi connectivity index (χ4n) is 10.2. The zero-order chi connectivity index (χ0) is 36.4. The van der Waals surface area contributed by atoms with Crippen LogP contribution in [0.2, 0.25) is 0 Å². The van der Waals surface area contributed by atoms with Crippen LogP contribution in [0.1, 0.15) is 80.9 Å². The predicted molar refractivity (Wildman–Crippen MR) is 206 cm³/mol. The van der Waals surface area contributed by atoms with Crippen LogP contribution >= 0.6 is 0 Å². The Kier molecular flexibility index (Phi) is 12.0. The Balaban J connectivity index is 0.00000450. The van der Waals surface area contributed by atoms with E-state index in [2.05, 4.69) is 41.7 Å². The summed E-state index contributed by atoms with van der Waals surface area (Å²) < 4.78 is 1.25. The topological polar surface area (TPSA) is 89.9 Å². The van der Waals surface area contributed by atoms with Crippen molar-refractivity contribution in [2.45, 2.75) is 87.8 Å². The Bertz CT molecular complexity index is 1620. The van der Waals surface area contributed by atoms with Gasteiger partial charge in [0.25, 0.3) is 0 Å². The molecule has 4 atom stereocenters. The second-order valence-corrected chi connectivity index (χ2v) is 17.1. The third kappa shape index (κ3) is 8.34. The van der Waals surface area contributed by atoms with E-state index in [0.717, 1.165) is 47.9 Å². The number of hydrogen-bond acceptors (Lipinski definition) is 4. The van der Waals surface area contributed by atoms with Gasteiger partial charge in [-0.05, 0) is 68.1 Å². The van der Waals surface area contributed by atoms with Gasteiger partial charge < -0.3 is 41.7 Å². The first-order chi connectivity index (χ1) is 25.8. The summed E-state index contributed by atoms with van der Waals surface area (Å²) in [7, 11) is 0. The number of piperidine rings is 1. The summed E-state index contributed by atoms with van der Waals surface area (Å²) >= 11 is 0. The molecule has 2 N–H and O–H groups in total. The Labute approximate surface area is 331 Å². The predicted octanol–water partition coefficient (Wildman–Crippen LogP) is 2.53. The highest BCUT2D eigenvalue weighted by atomic mass is 79.9. The normalized spacial score (nSPS) is 25.2. The van der Waals surface area contributed by atoms with E-state index in [1.54, 1.807) is 9.80 Å². The van der Waals surface area contributed by atoms with E-state index >= 15 is 0 Å². The van der Waals surface area contributed by atoms with Crippen molar-refractivity contribution in [1.29, 1.82) is 0 Å². The van der Waals surface area contributed by atoms with Gasteiger partial charge in [0.05, 0.1) is 37.7 Å². The van der Waals surface area contributed by atoms with E-state index in [1.807, 2.05) is 54.6 Å². The minimum Gasteiger partial charge on any atom is -1.00 e. The van der Waals surface area contributed by atoms with Crippen molar-refractivity contribution in [3.63, 3.8) is 0 Å². The zero-order valence-corrected chi connectivity index (χ0v) is 33.1. The first-order valence-electron chi connectivity index (χ1n) is 20.4. The van der Waals surface area contributed by atoms with Crippen LogP contribution in [0.25, 0.3) is 0 Å². The second kappa shape index (κ2) is 16.7. The molecule has 54 heavy (non-hydrogen) atoms. The summed E-state index contributed by atoms with van der Waals surface area (Å²) in [5.74, 6) is 1.77. The number of halogens is 1. The summed E-state index contributed by atoms with van der Waals surface area (Å²) in [6.07, 6.45) is 8.73. The van der Waals surface area contributed by atoms with Crippen LogP contribution < -0.4 is 22.3 Å². The second-order valence-electron chi connectivity index (χ2n) is 17.1. The fraction of sp³-hybridized carbons (Fsp3) is 0.533. The Morgan fingerprint density at radius 3 is 1.80 bits per heavy atom. The molecule has 2 aliphatic carbocycles. The van der Waals surface area contributed by atoms with Crippen LogP contribution in [-0.2, 0) is 19.8 Å². The maximum absolute atomic E-state index is 14.7. The van der Waals surface area contributed by atoms with E-state index in [-0.39, 0.29) is 54.1 Å². The van der Waals surface area contributed by atoms with E-state index in [9.17, 15) is 19.5 Å². The Morgan fingerprint density at radius 2 is 1.26 bits per heavy atom. The van der Waals surface area contributed by atoms with Gasteiger partial charge in [-0.15, -0.1) is 0 Å². The van der Waals surface area contributed by atoms with Gasteiger partial charge >= 0.3 is 0 Å². The SMILES string of the molecule is O=C(NC[C@@H]1CCC[N+](CC2CC2)(CC2CC2)C1)[C@H]1CCCN1C(=O)[C@@H]1C[C@@H](O)CN1C(=O)CC(c1ccccc1)(c1ccccc1)c1ccccc1.[Br-]. The quantitative estimate of drug-likeness (QED) is 0.206. The summed E-state index contributed by atoms with van der Waals surface area (Å²) in [4.78, 5) is 46.3. The molecule has 9 heteroatoms. The highest BCUT2D eigenvalue weighted by molar-refractivity contribution is 5.93. The number of amides is 3. The third-order valence-electron chi connectivity index (χ3n) is 13.1. The maximum atomic E-state index is 14.7. The van der Waals surface area contributed by atoms with Gasteiger partial charge in [0, 0.05) is 50.2 Å². The van der Waals surface area contributed by atoms with Crippen molar-refractivity contribution in [2.75, 3.05) is 45.8 Å². The number of nitrogens with zero attached hydrogens (tertiary/aromatic N) is 3. The number of carbonyl (C=O) groups excluding carboxylic acids is 3. The maximum Gasteiger partial charge on any atom is 0.246 e. The highest BCUT2D eigenvalue weighted by Gasteiger charge is 2.48. The van der Waals surface area contributed by atoms with Gasteiger partial charge in [-0.3, -0.25) is 14.4 Å². The van der Waals surface area contributed by atoms with Crippen molar-refractivity contribution in [1.82, 2.24) is 15.1 Å². The van der Waals surface area contributed by atoms with Gasteiger partial charge in [-0.1, -0.05) is 91.0 Å². The molecule has 3 aromatic carbocycles. The smallest absolute Gasteiger partial charge is 0.246 e. The average Bonchev–Trinajstić information content (AvgIpc) is 4.10. The van der Waals surface area contributed by atoms with Crippen LogP contribution in [0, 0.1) is 17.8 Å². The lowest BCUT2D eigenvalue weighted by Gasteiger charge is -2.45. The molecule has 8 rings (SSSR count). The van der Waals surface area contributed by atoms with Crippen molar-refractivity contribution < 1.29 is 41.0 Å². The van der Waals surface area contributed by atoms with E-state index in [1.165, 1.54) is 56.2 Å². The molecule has 288 valence electrons. The molecule has 0 aromatic heterocycles. The number of hydrogen-bond donors (Lipinski definition) is 2. The van der Waals surface area contributed by atoms with Crippen LogP contribution in [0.3, 0.4) is 0 Å². The molecule has 0 spiro atoms. The fourth-order valence-corrected chi connectivity index (χ4v) is 10.2. The lowest BCUT2D eigenvalue weighted by molar-refractivity contribution is -0.939. The highest BCUT2D eigenvalue weighted by Crippen LogP contribution is 2.44. The number of aliphatic hydroxyl groups is 1. The van der Waals surface area contributed by atoms with E-state index < -0.39 is 23.6 Å². The monoisotopic (exact) mass is 796 g/mol. The number of benzene rings is 3. The molecule has 5 aliphatic rings. The number of β-amino-alcohol motifs (C(OH)–C–C–N with tert-alkyl or cyclic N) is 1. The van der Waals surface area contributed by atoms with Gasteiger partial charge in [-0.25, -0.2) is 0 Å². The molecule has 3 aliphatic heterocycles. The number of nitrogens with one attached hydrogen (secondary N) is 1. The largest absolute Gasteiger partial charge is 1.00 e. The number of rotatable bonds is 13. The molecule has 3 amide bonds. The van der Waals surface area contributed by atoms with Crippen LogP contribution in [0.5, 0.6) is 0 Å². The molecule has 0 radical (unpaired) electrons. The molecule has 2 saturated carbocycles. The molecular formula is C45H57BrN4O4. The molecule has 3 aromatic rings. The van der Waals surface area contributed by atoms with E-state index in [0.29, 0.717) is 25.4 Å². The lowest BCUT2D eigenvalue weighted by Crippen LogP contribution is -3.00. The number of carbonyl (C=O) groups is 3. The first kappa shape index (κ1) is 38.7. The molecular weight excluding hydrogens is 740 g/mol. The third-order valence-corrected chi connectivity index (χ3v) is 13.1. The first-order valence-corrected chi connectivity index (χ1v) is 20.4. The van der Waals surface area contributed by atoms with Crippen molar-refractivity contribution in [3.05, 3.63) is 108 Å². The van der Waals surface area contributed by atoms with Gasteiger partial charge in [0.2, 0.25) is 17.7 Å². The number of aliphatic hydroxyl groups excluding tert-OH is 1. The van der Waals surface area contributed by atoms with Crippen molar-refractivity contribution in [3.8, 4) is 0 Å². The zero-order valence-electron chi connectivity index (χ0n) is 31.5. The molecule has 3 heterocycles. The van der Waals surface area contributed by atoms with Gasteiger partial charge in [0.1, 0.15) is 12.1 Å². The molecule has 5 fully saturated rings. The molecule has 3 saturated heterocycles. The van der Waals surface area contributed by atoms with Gasteiger partial charge in [0.15, 0.2) is 0 Å². The minimum atomic E-state index is -0.815. The van der Waals surface area contributed by atoms with Crippen LogP contribution in [-0.4, -0.2) is 101 Å². The van der Waals surface area contributed by atoms with E-state index in [4.69, 9.17) is 0 Å². The van der Waals surface area contributed by atoms with Crippen molar-refractivity contribution in [2.24, 2.45) is 17.8 Å². The summed E-state index contributed by atoms with van der Waals surface area (Å²) in [5.41, 5.74) is 2.14. The molecule has 0 unspecified atom stereocenters. The van der Waals surface area contributed by atoms with Crippen LogP contribution in [0.4, 0.5) is 0 Å². The summed E-state index contributed by atoms with van der Waals surface area (Å²) in [6, 6.07) is 28.9. The average molecular weight is 798 g/mol. The van der Waals surface area contributed by atoms with Crippen molar-refractivity contribution >= 4 is 17.7 Å². The van der Waals surface area contributed by atoms with Gasteiger partial charge in [-0.2, -0.15) is 0 Å². The summed E-state index contributed by atoms with van der Waals surface area (Å²) in [5, 5.41) is 14.3. The standard InChI is InChI=1S/C45H56N4O4.BrH/c50-39-26-41(48(29-39)42(51)27-45(36-13-4-1-5-14-36,37-15-6-2-7-16-37)38-17-8-3-9-18-38)44(53)47-24-10-19-40(47)43(52)46-28-35-12-11-25-49(32-35,30-33-20-21-33)31-34-22-23-34;/h1-9,13-18,33-35,39-41,50H,10-12,19-32H2;1H/t35-,39+,40+,41-;/m0./s1. The minimum absolute atomic E-state index is 0. The molecule has 0 bridgehead atoms. The Morgan fingerprint density at radius 1 is 0.704 bits per heavy atom. The Hall–Kier alpha value is -3.53. The molecule has 8 nitrogen and oxygen atoms in total. The summed E-state index contributed by atoms with van der Waals surface area (Å²) in [6.45, 7) is 6.33. The van der Waals surface area contributed by atoms with Crippen LogP contribution in [0.15, 0.2) is 91.0 Å². The number of likely N-dealkylation sites (tertiary alicyclic amines) is 3.